The Kier molecular flexibility index (Phi) is 3.79. The third kappa shape index (κ3) is 2.89. The number of anilines is 1. The van der Waals surface area contributed by atoms with Crippen LogP contribution in [0.2, 0.25) is 0 Å². The largest absolute Gasteiger partial charge is 0.399 e. The van der Waals surface area contributed by atoms with Gasteiger partial charge in [0, 0.05) is 22.6 Å². The van der Waals surface area contributed by atoms with E-state index in [0.717, 1.165) is 17.3 Å². The van der Waals surface area contributed by atoms with Crippen LogP contribution in [0.3, 0.4) is 0 Å². The highest BCUT2D eigenvalue weighted by Crippen LogP contribution is 2.18. The topological polar surface area (TPSA) is 70.9 Å². The Morgan fingerprint density at radius 3 is 2.74 bits per heavy atom. The molecule has 19 heavy (non-hydrogen) atoms. The first-order valence-corrected chi connectivity index (χ1v) is 6.70. The van der Waals surface area contributed by atoms with E-state index in [4.69, 9.17) is 5.73 Å². The second-order valence-electron chi connectivity index (χ2n) is 5.26. The summed E-state index contributed by atoms with van der Waals surface area (Å²) >= 11 is 0. The molecule has 0 aliphatic carbocycles. The molecule has 0 spiro atoms. The average molecular weight is 259 g/mol. The second kappa shape index (κ2) is 5.34. The molecule has 0 bridgehead atoms. The van der Waals surface area contributed by atoms with Crippen LogP contribution in [0.1, 0.15) is 37.7 Å². The third-order valence-corrected chi connectivity index (χ3v) is 3.45. The van der Waals surface area contributed by atoms with Gasteiger partial charge < -0.3 is 16.0 Å². The van der Waals surface area contributed by atoms with Crippen LogP contribution in [0, 0.1) is 5.92 Å². The number of nitrogen functional groups attached to an aromatic ring is 1. The van der Waals surface area contributed by atoms with Gasteiger partial charge in [-0.2, -0.15) is 0 Å². The Hall–Kier alpha value is -1.97. The molecule has 1 heterocycles. The van der Waals surface area contributed by atoms with Gasteiger partial charge in [-0.25, -0.2) is 0 Å². The zero-order valence-corrected chi connectivity index (χ0v) is 11.7. The molecule has 1 aromatic heterocycles. The predicted octanol–water partition coefficient (Wildman–Crippen LogP) is 2.91. The van der Waals surface area contributed by atoms with Gasteiger partial charge in [0.2, 0.25) is 0 Å². The van der Waals surface area contributed by atoms with Crippen LogP contribution in [0.4, 0.5) is 5.69 Å². The minimum absolute atomic E-state index is 0.0599. The van der Waals surface area contributed by atoms with Crippen LogP contribution >= 0.6 is 0 Å². The molecule has 0 fully saturated rings. The summed E-state index contributed by atoms with van der Waals surface area (Å²) in [5.41, 5.74) is 7.95. The molecule has 0 saturated heterocycles. The van der Waals surface area contributed by atoms with E-state index in [0.29, 0.717) is 17.3 Å². The molecule has 0 aliphatic rings. The lowest BCUT2D eigenvalue weighted by atomic mass is 10.0. The fourth-order valence-corrected chi connectivity index (χ4v) is 2.26. The van der Waals surface area contributed by atoms with Gasteiger partial charge in [0.25, 0.3) is 5.91 Å². The van der Waals surface area contributed by atoms with Crippen LogP contribution in [-0.2, 0) is 0 Å². The number of amides is 1. The molecule has 0 saturated carbocycles. The van der Waals surface area contributed by atoms with E-state index in [2.05, 4.69) is 31.1 Å². The van der Waals surface area contributed by atoms with Gasteiger partial charge in [0.1, 0.15) is 5.69 Å². The zero-order chi connectivity index (χ0) is 14.0. The quantitative estimate of drug-likeness (QED) is 0.739. The molecule has 2 aromatic rings. The minimum atomic E-state index is -0.0599. The molecule has 4 N–H and O–H groups in total. The Morgan fingerprint density at radius 2 is 2.11 bits per heavy atom. The van der Waals surface area contributed by atoms with Crippen molar-refractivity contribution < 1.29 is 4.79 Å². The highest BCUT2D eigenvalue weighted by molar-refractivity contribution is 5.98. The van der Waals surface area contributed by atoms with Crippen molar-refractivity contribution in [2.75, 3.05) is 5.73 Å². The third-order valence-electron chi connectivity index (χ3n) is 3.45. The second-order valence-corrected chi connectivity index (χ2v) is 5.26. The Bertz CT molecular complexity index is 586. The number of H-pyrrole nitrogens is 1. The number of benzene rings is 1. The lowest BCUT2D eigenvalue weighted by Crippen LogP contribution is -2.38. The fraction of sp³-hybridized carbons (Fsp3) is 0.400. The zero-order valence-electron chi connectivity index (χ0n) is 11.7. The van der Waals surface area contributed by atoms with Gasteiger partial charge in [0.15, 0.2) is 0 Å². The molecule has 2 rings (SSSR count). The molecule has 1 atom stereocenters. The molecule has 4 nitrogen and oxygen atoms in total. The Labute approximate surface area is 113 Å². The molecule has 1 unspecified atom stereocenters. The summed E-state index contributed by atoms with van der Waals surface area (Å²) < 4.78 is 0. The van der Waals surface area contributed by atoms with E-state index in [9.17, 15) is 4.79 Å². The number of aromatic amines is 1. The van der Waals surface area contributed by atoms with Gasteiger partial charge in [-0.3, -0.25) is 4.79 Å². The van der Waals surface area contributed by atoms with Crippen LogP contribution in [0.25, 0.3) is 10.9 Å². The van der Waals surface area contributed by atoms with Crippen molar-refractivity contribution in [3.8, 4) is 0 Å². The maximum atomic E-state index is 12.2. The molecule has 4 heteroatoms. The summed E-state index contributed by atoms with van der Waals surface area (Å²) in [5, 5.41) is 4.02. The van der Waals surface area contributed by atoms with E-state index < -0.39 is 0 Å². The van der Waals surface area contributed by atoms with E-state index in [-0.39, 0.29) is 11.9 Å². The van der Waals surface area contributed by atoms with Crippen molar-refractivity contribution in [3.05, 3.63) is 30.0 Å². The van der Waals surface area contributed by atoms with Crippen molar-refractivity contribution in [1.29, 1.82) is 0 Å². The highest BCUT2D eigenvalue weighted by atomic mass is 16.1. The molecule has 1 aromatic carbocycles. The molecule has 1 amide bonds. The Morgan fingerprint density at radius 1 is 1.37 bits per heavy atom. The van der Waals surface area contributed by atoms with Crippen molar-refractivity contribution in [1.82, 2.24) is 10.3 Å². The number of carbonyl (C=O) groups is 1. The first kappa shape index (κ1) is 13.5. The monoisotopic (exact) mass is 259 g/mol. The Balaban J connectivity index is 2.21. The van der Waals surface area contributed by atoms with Crippen molar-refractivity contribution in [3.63, 3.8) is 0 Å². The molecule has 0 aliphatic heterocycles. The predicted molar refractivity (Wildman–Crippen MR) is 79.1 cm³/mol. The number of nitrogens with two attached hydrogens (primary N) is 1. The van der Waals surface area contributed by atoms with Gasteiger partial charge in [0.05, 0.1) is 0 Å². The van der Waals surface area contributed by atoms with Gasteiger partial charge in [-0.1, -0.05) is 20.8 Å². The molecule has 0 radical (unpaired) electrons. The average Bonchev–Trinajstić information content (AvgIpc) is 2.78. The number of hydrogen-bond donors (Lipinski definition) is 3. The van der Waals surface area contributed by atoms with Crippen molar-refractivity contribution in [2.24, 2.45) is 5.92 Å². The number of fused-ring (bicyclic) bond motifs is 1. The summed E-state index contributed by atoms with van der Waals surface area (Å²) in [6.07, 6.45) is 0.927. The number of rotatable bonds is 4. The standard InChI is InChI=1S/C15H21N3O/c1-4-12(9(2)3)18-15(19)14-8-10-7-11(16)5-6-13(10)17-14/h5-9,12,17H,4,16H2,1-3H3,(H,18,19). The minimum Gasteiger partial charge on any atom is -0.399 e. The maximum absolute atomic E-state index is 12.2. The summed E-state index contributed by atoms with van der Waals surface area (Å²) in [6, 6.07) is 7.62. The van der Waals surface area contributed by atoms with Crippen LogP contribution in [0.15, 0.2) is 24.3 Å². The first-order valence-electron chi connectivity index (χ1n) is 6.70. The SMILES string of the molecule is CCC(NC(=O)c1cc2cc(N)ccc2[nH]1)C(C)C. The number of aromatic nitrogens is 1. The number of nitrogens with one attached hydrogen (secondary N) is 2. The highest BCUT2D eigenvalue weighted by Gasteiger charge is 2.16. The fourth-order valence-electron chi connectivity index (χ4n) is 2.26. The number of hydrogen-bond acceptors (Lipinski definition) is 2. The van der Waals surface area contributed by atoms with Crippen LogP contribution in [-0.4, -0.2) is 16.9 Å². The van der Waals surface area contributed by atoms with Crippen molar-refractivity contribution >= 4 is 22.5 Å². The van der Waals surface area contributed by atoms with Crippen LogP contribution < -0.4 is 11.1 Å². The summed E-state index contributed by atoms with van der Waals surface area (Å²) in [4.78, 5) is 15.3. The van der Waals surface area contributed by atoms with E-state index in [1.165, 1.54) is 0 Å². The van der Waals surface area contributed by atoms with Crippen molar-refractivity contribution in [2.45, 2.75) is 33.2 Å². The van der Waals surface area contributed by atoms with E-state index in [1.54, 1.807) is 0 Å². The molecular weight excluding hydrogens is 238 g/mol. The van der Waals surface area contributed by atoms with Crippen LogP contribution in [0.5, 0.6) is 0 Å². The van der Waals surface area contributed by atoms with Gasteiger partial charge in [-0.15, -0.1) is 0 Å². The maximum Gasteiger partial charge on any atom is 0.267 e. The summed E-state index contributed by atoms with van der Waals surface area (Å²) in [6.45, 7) is 6.30. The molecular formula is C15H21N3O. The lowest BCUT2D eigenvalue weighted by Gasteiger charge is -2.20. The number of carbonyl (C=O) groups excluding carboxylic acids is 1. The first-order chi connectivity index (χ1) is 9.01. The molecule has 102 valence electrons. The van der Waals surface area contributed by atoms with Gasteiger partial charge in [-0.05, 0) is 36.6 Å². The van der Waals surface area contributed by atoms with Gasteiger partial charge >= 0.3 is 0 Å². The summed E-state index contributed by atoms with van der Waals surface area (Å²) in [7, 11) is 0. The van der Waals surface area contributed by atoms with E-state index in [1.807, 2.05) is 24.3 Å². The van der Waals surface area contributed by atoms with E-state index >= 15 is 0 Å². The normalized spacial score (nSPS) is 12.8. The lowest BCUT2D eigenvalue weighted by molar-refractivity contribution is 0.0920. The summed E-state index contributed by atoms with van der Waals surface area (Å²) in [5.74, 6) is 0.365. The smallest absolute Gasteiger partial charge is 0.267 e.